The van der Waals surface area contributed by atoms with Crippen molar-refractivity contribution >= 4 is 40.5 Å². The lowest BCUT2D eigenvalue weighted by atomic mass is 10.0. The summed E-state index contributed by atoms with van der Waals surface area (Å²) in [7, 11) is 0. The van der Waals surface area contributed by atoms with Crippen LogP contribution in [0, 0.1) is 11.6 Å². The largest absolute Gasteiger partial charge is 0.320 e. The Balaban J connectivity index is 1.61. The summed E-state index contributed by atoms with van der Waals surface area (Å²) in [5, 5.41) is 19.7. The molecule has 32 heavy (non-hydrogen) atoms. The molecular weight excluding hydrogens is 465 g/mol. The molecule has 0 atom stereocenters. The maximum atomic E-state index is 14.8. The van der Waals surface area contributed by atoms with Crippen molar-refractivity contribution in [3.05, 3.63) is 82.2 Å². The maximum absolute atomic E-state index is 14.8. The molecule has 0 spiro atoms. The third-order valence-corrected chi connectivity index (χ3v) is 4.97. The average Bonchev–Trinajstić information content (AvgIpc) is 3.29. The fourth-order valence-electron chi connectivity index (χ4n) is 2.94. The van der Waals surface area contributed by atoms with Gasteiger partial charge in [-0.1, -0.05) is 23.2 Å². The Morgan fingerprint density at radius 3 is 2.44 bits per heavy atom. The molecule has 3 N–H and O–H groups in total. The van der Waals surface area contributed by atoms with E-state index in [9.17, 15) is 18.8 Å². The van der Waals surface area contributed by atoms with Crippen LogP contribution in [-0.4, -0.2) is 31.1 Å². The normalized spacial score (nSPS) is 10.8. The molecule has 1 amide bonds. The van der Waals surface area contributed by atoms with Gasteiger partial charge in [0.2, 0.25) is 0 Å². The second kappa shape index (κ2) is 8.87. The first kappa shape index (κ1) is 21.6. The van der Waals surface area contributed by atoms with Gasteiger partial charge in [-0.2, -0.15) is 10.2 Å². The summed E-state index contributed by atoms with van der Waals surface area (Å²) >= 11 is 12.4. The number of carbonyl (C=O) groups excluding carboxylic acids is 1. The van der Waals surface area contributed by atoms with E-state index >= 15 is 0 Å². The van der Waals surface area contributed by atoms with E-state index in [0.717, 1.165) is 18.2 Å². The predicted molar refractivity (Wildman–Crippen MR) is 114 cm³/mol. The third kappa shape index (κ3) is 4.24. The molecule has 4 rings (SSSR count). The van der Waals surface area contributed by atoms with Crippen molar-refractivity contribution in [1.82, 2.24) is 20.0 Å². The number of carbonyl (C=O) groups is 1. The predicted octanol–water partition coefficient (Wildman–Crippen LogP) is 4.97. The molecule has 0 aliphatic rings. The molecule has 2 heterocycles. The van der Waals surface area contributed by atoms with Gasteiger partial charge in [-0.05, 0) is 36.4 Å². The monoisotopic (exact) mass is 476 g/mol. The Morgan fingerprint density at radius 2 is 1.75 bits per heavy atom. The van der Waals surface area contributed by atoms with Crippen LogP contribution in [0.15, 0.2) is 55.0 Å². The minimum absolute atomic E-state index is 0.0381. The van der Waals surface area contributed by atoms with Crippen molar-refractivity contribution in [1.29, 1.82) is 0 Å². The zero-order valence-corrected chi connectivity index (χ0v) is 17.4. The van der Waals surface area contributed by atoms with Gasteiger partial charge in [0.1, 0.15) is 11.6 Å². The van der Waals surface area contributed by atoms with E-state index in [1.54, 1.807) is 0 Å². The van der Waals surface area contributed by atoms with Gasteiger partial charge in [-0.3, -0.25) is 15.5 Å². The quantitative estimate of drug-likeness (QED) is 0.351. The Morgan fingerprint density at radius 1 is 1.00 bits per heavy atom. The summed E-state index contributed by atoms with van der Waals surface area (Å²) in [4.78, 5) is 18.0. The summed E-state index contributed by atoms with van der Waals surface area (Å²) in [5.41, 5.74) is 1.95. The standard InChI is InChI=1S/C20H12Cl2F2N6O2/c21-15-7-13(12-2-1-10(23)5-18(12)29-32)17(24)8-14(15)20(31)28-11-6-16(22)19(25-9-11)30-26-3-4-27-30/h1-9,29,32H,(H,28,31). The number of hydrogen-bond donors (Lipinski definition) is 3. The van der Waals surface area contributed by atoms with Crippen LogP contribution in [0.25, 0.3) is 16.9 Å². The van der Waals surface area contributed by atoms with E-state index < -0.39 is 17.5 Å². The highest BCUT2D eigenvalue weighted by atomic mass is 35.5. The van der Waals surface area contributed by atoms with Gasteiger partial charge in [0, 0.05) is 11.1 Å². The fourth-order valence-corrected chi connectivity index (χ4v) is 3.43. The van der Waals surface area contributed by atoms with Crippen molar-refractivity contribution in [3.8, 4) is 16.9 Å². The number of nitrogens with one attached hydrogen (secondary N) is 2. The minimum atomic E-state index is -0.807. The van der Waals surface area contributed by atoms with Crippen LogP contribution >= 0.6 is 23.2 Å². The van der Waals surface area contributed by atoms with Crippen LogP contribution in [0.2, 0.25) is 10.0 Å². The second-order valence-electron chi connectivity index (χ2n) is 6.42. The fraction of sp³-hybridized carbons (Fsp3) is 0. The summed E-state index contributed by atoms with van der Waals surface area (Å²) in [5.74, 6) is -1.88. The highest BCUT2D eigenvalue weighted by molar-refractivity contribution is 6.35. The molecule has 0 saturated carbocycles. The highest BCUT2D eigenvalue weighted by Crippen LogP contribution is 2.34. The Labute approximate surface area is 189 Å². The van der Waals surface area contributed by atoms with E-state index in [1.165, 1.54) is 41.6 Å². The molecule has 0 radical (unpaired) electrons. The molecule has 0 bridgehead atoms. The average molecular weight is 477 g/mol. The molecule has 4 aromatic rings. The van der Waals surface area contributed by atoms with Gasteiger partial charge in [0.05, 0.1) is 45.6 Å². The van der Waals surface area contributed by atoms with Crippen LogP contribution in [-0.2, 0) is 0 Å². The number of anilines is 2. The van der Waals surface area contributed by atoms with Gasteiger partial charge in [0.15, 0.2) is 5.82 Å². The van der Waals surface area contributed by atoms with Gasteiger partial charge in [-0.25, -0.2) is 13.8 Å². The molecule has 0 aliphatic heterocycles. The zero-order chi connectivity index (χ0) is 22.8. The number of pyridine rings is 1. The molecule has 0 fully saturated rings. The minimum Gasteiger partial charge on any atom is -0.320 e. The van der Waals surface area contributed by atoms with Crippen molar-refractivity contribution in [2.45, 2.75) is 0 Å². The highest BCUT2D eigenvalue weighted by Gasteiger charge is 2.19. The van der Waals surface area contributed by atoms with Gasteiger partial charge < -0.3 is 5.32 Å². The SMILES string of the molecule is O=C(Nc1cnc(-n2nccn2)c(Cl)c1)c1cc(F)c(-c2ccc(F)cc2NO)cc1Cl. The first-order valence-corrected chi connectivity index (χ1v) is 9.65. The smallest absolute Gasteiger partial charge is 0.257 e. The van der Waals surface area contributed by atoms with Gasteiger partial charge in [-0.15, -0.1) is 4.80 Å². The van der Waals surface area contributed by atoms with Crippen LogP contribution in [0.1, 0.15) is 10.4 Å². The van der Waals surface area contributed by atoms with Crippen molar-refractivity contribution in [2.24, 2.45) is 0 Å². The van der Waals surface area contributed by atoms with Crippen LogP contribution < -0.4 is 10.8 Å². The van der Waals surface area contributed by atoms with Crippen molar-refractivity contribution in [2.75, 3.05) is 10.8 Å². The van der Waals surface area contributed by atoms with Crippen molar-refractivity contribution < 1.29 is 18.8 Å². The Bertz CT molecular complexity index is 1320. The van der Waals surface area contributed by atoms with E-state index in [-0.39, 0.29) is 43.9 Å². The number of rotatable bonds is 5. The number of hydrogen-bond acceptors (Lipinski definition) is 6. The molecule has 2 aromatic heterocycles. The summed E-state index contributed by atoms with van der Waals surface area (Å²) < 4.78 is 28.2. The Kier molecular flexibility index (Phi) is 5.99. The molecule has 8 nitrogen and oxygen atoms in total. The molecule has 0 saturated heterocycles. The maximum Gasteiger partial charge on any atom is 0.257 e. The summed E-state index contributed by atoms with van der Waals surface area (Å²) in [6.45, 7) is 0. The zero-order valence-electron chi connectivity index (χ0n) is 15.9. The summed E-state index contributed by atoms with van der Waals surface area (Å²) in [6, 6.07) is 6.94. The number of aromatic nitrogens is 4. The molecule has 0 unspecified atom stereocenters. The lowest BCUT2D eigenvalue weighted by molar-refractivity contribution is 0.102. The van der Waals surface area contributed by atoms with Crippen LogP contribution in [0.5, 0.6) is 0 Å². The molecule has 2 aromatic carbocycles. The molecule has 162 valence electrons. The third-order valence-electron chi connectivity index (χ3n) is 4.38. The molecule has 0 aliphatic carbocycles. The number of amides is 1. The van der Waals surface area contributed by atoms with E-state index in [1.807, 2.05) is 5.48 Å². The molecule has 12 heteroatoms. The first-order valence-electron chi connectivity index (χ1n) is 8.90. The van der Waals surface area contributed by atoms with E-state index in [4.69, 9.17) is 23.2 Å². The second-order valence-corrected chi connectivity index (χ2v) is 7.23. The number of halogens is 4. The topological polar surface area (TPSA) is 105 Å². The van der Waals surface area contributed by atoms with Gasteiger partial charge >= 0.3 is 0 Å². The number of benzene rings is 2. The van der Waals surface area contributed by atoms with E-state index in [0.29, 0.717) is 0 Å². The Hall–Kier alpha value is -3.60. The molecular formula is C20H12Cl2F2N6O2. The number of nitrogens with zero attached hydrogens (tertiary/aromatic N) is 4. The lowest BCUT2D eigenvalue weighted by Crippen LogP contribution is -2.14. The lowest BCUT2D eigenvalue weighted by Gasteiger charge is -2.13. The summed E-state index contributed by atoms with van der Waals surface area (Å²) in [6.07, 6.45) is 4.25. The van der Waals surface area contributed by atoms with E-state index in [2.05, 4.69) is 20.5 Å². The van der Waals surface area contributed by atoms with Gasteiger partial charge in [0.25, 0.3) is 5.91 Å². The first-order chi connectivity index (χ1) is 15.4. The van der Waals surface area contributed by atoms with Crippen molar-refractivity contribution in [3.63, 3.8) is 0 Å². The van der Waals surface area contributed by atoms with Crippen LogP contribution in [0.4, 0.5) is 20.2 Å². The van der Waals surface area contributed by atoms with Crippen LogP contribution in [0.3, 0.4) is 0 Å².